The standard InChI is InChI=1S/C25H22ClNO4S/c1-15(2)27-24(28)22(32-25(27)29)13-17-11-20(26)23(21(12-17)30-3)31-14-16-8-9-18-6-4-5-7-19(18)10-16/h4-13,15H,14H2,1-3H3/b22-13+. The molecular weight excluding hydrogens is 446 g/mol. The molecule has 3 aromatic carbocycles. The van der Waals surface area contributed by atoms with Gasteiger partial charge in [-0.05, 0) is 71.8 Å². The topological polar surface area (TPSA) is 55.8 Å². The molecule has 1 heterocycles. The number of methoxy groups -OCH3 is 1. The summed E-state index contributed by atoms with van der Waals surface area (Å²) >= 11 is 7.42. The molecule has 0 aromatic heterocycles. The molecule has 0 aliphatic carbocycles. The van der Waals surface area contributed by atoms with Crippen molar-refractivity contribution in [3.8, 4) is 11.5 Å². The number of hydrogen-bond acceptors (Lipinski definition) is 5. The lowest BCUT2D eigenvalue weighted by Crippen LogP contribution is -2.34. The summed E-state index contributed by atoms with van der Waals surface area (Å²) in [7, 11) is 1.53. The maximum Gasteiger partial charge on any atom is 0.293 e. The molecule has 5 nitrogen and oxygen atoms in total. The first kappa shape index (κ1) is 22.2. The van der Waals surface area contributed by atoms with Crippen LogP contribution in [0.2, 0.25) is 5.02 Å². The summed E-state index contributed by atoms with van der Waals surface area (Å²) in [5, 5.41) is 2.39. The second-order valence-electron chi connectivity index (χ2n) is 7.65. The number of ether oxygens (including phenoxy) is 2. The molecule has 0 N–H and O–H groups in total. The molecule has 1 fully saturated rings. The van der Waals surface area contributed by atoms with Crippen LogP contribution in [-0.2, 0) is 11.4 Å². The molecular formula is C25H22ClNO4S. The Morgan fingerprint density at radius 2 is 1.81 bits per heavy atom. The van der Waals surface area contributed by atoms with Crippen LogP contribution in [0.5, 0.6) is 11.5 Å². The van der Waals surface area contributed by atoms with E-state index in [0.29, 0.717) is 33.6 Å². The molecule has 0 radical (unpaired) electrons. The number of imide groups is 1. The largest absolute Gasteiger partial charge is 0.493 e. The van der Waals surface area contributed by atoms with Crippen LogP contribution in [0, 0.1) is 0 Å². The zero-order chi connectivity index (χ0) is 22.8. The third-order valence-electron chi connectivity index (χ3n) is 5.09. The maximum absolute atomic E-state index is 12.5. The Labute approximate surface area is 195 Å². The Bertz CT molecular complexity index is 1240. The van der Waals surface area contributed by atoms with Gasteiger partial charge in [0, 0.05) is 6.04 Å². The lowest BCUT2D eigenvalue weighted by atomic mass is 10.1. The summed E-state index contributed by atoms with van der Waals surface area (Å²) in [6.07, 6.45) is 1.65. The third-order valence-corrected chi connectivity index (χ3v) is 6.25. The van der Waals surface area contributed by atoms with E-state index < -0.39 is 0 Å². The Balaban J connectivity index is 1.57. The van der Waals surface area contributed by atoms with Crippen LogP contribution < -0.4 is 9.47 Å². The van der Waals surface area contributed by atoms with E-state index in [1.807, 2.05) is 18.2 Å². The van der Waals surface area contributed by atoms with Gasteiger partial charge in [-0.2, -0.15) is 0 Å². The number of carbonyl (C=O) groups is 2. The van der Waals surface area contributed by atoms with Crippen molar-refractivity contribution in [1.29, 1.82) is 0 Å². The molecule has 0 atom stereocenters. The molecule has 164 valence electrons. The highest BCUT2D eigenvalue weighted by atomic mass is 35.5. The first-order chi connectivity index (χ1) is 15.4. The van der Waals surface area contributed by atoms with Crippen LogP contribution in [0.25, 0.3) is 16.8 Å². The second kappa shape index (κ2) is 9.27. The quantitative estimate of drug-likeness (QED) is 0.386. The van der Waals surface area contributed by atoms with Crippen molar-refractivity contribution < 1.29 is 19.1 Å². The number of fused-ring (bicyclic) bond motifs is 1. The fourth-order valence-corrected chi connectivity index (χ4v) is 4.76. The number of rotatable bonds is 6. The summed E-state index contributed by atoms with van der Waals surface area (Å²) in [6, 6.07) is 17.5. The normalized spacial score (nSPS) is 15.3. The van der Waals surface area contributed by atoms with E-state index in [2.05, 4.69) is 24.3 Å². The number of benzene rings is 3. The molecule has 3 aromatic rings. The smallest absolute Gasteiger partial charge is 0.293 e. The van der Waals surface area contributed by atoms with Crippen molar-refractivity contribution in [3.63, 3.8) is 0 Å². The van der Waals surface area contributed by atoms with E-state index in [-0.39, 0.29) is 17.2 Å². The van der Waals surface area contributed by atoms with Crippen molar-refractivity contribution in [2.75, 3.05) is 7.11 Å². The molecule has 0 bridgehead atoms. The molecule has 1 aliphatic rings. The lowest BCUT2D eigenvalue weighted by Gasteiger charge is -2.16. The summed E-state index contributed by atoms with van der Waals surface area (Å²) in [4.78, 5) is 26.3. The first-order valence-corrected chi connectivity index (χ1v) is 11.3. The van der Waals surface area contributed by atoms with E-state index in [1.54, 1.807) is 32.1 Å². The molecule has 2 amide bonds. The van der Waals surface area contributed by atoms with Crippen LogP contribution in [0.1, 0.15) is 25.0 Å². The third kappa shape index (κ3) is 4.47. The minimum atomic E-state index is -0.304. The van der Waals surface area contributed by atoms with Crippen molar-refractivity contribution in [2.24, 2.45) is 0 Å². The van der Waals surface area contributed by atoms with Gasteiger partial charge in [0.15, 0.2) is 11.5 Å². The maximum atomic E-state index is 12.5. The van der Waals surface area contributed by atoms with Crippen molar-refractivity contribution >= 4 is 51.4 Å². The lowest BCUT2D eigenvalue weighted by molar-refractivity contribution is -0.123. The highest BCUT2D eigenvalue weighted by Crippen LogP contribution is 2.39. The van der Waals surface area contributed by atoms with Crippen LogP contribution in [0.4, 0.5) is 4.79 Å². The van der Waals surface area contributed by atoms with Gasteiger partial charge in [0.2, 0.25) is 0 Å². The van der Waals surface area contributed by atoms with Crippen LogP contribution in [-0.4, -0.2) is 29.2 Å². The molecule has 32 heavy (non-hydrogen) atoms. The van der Waals surface area contributed by atoms with E-state index in [4.69, 9.17) is 21.1 Å². The summed E-state index contributed by atoms with van der Waals surface area (Å²) in [5.41, 5.74) is 1.66. The Morgan fingerprint density at radius 1 is 1.06 bits per heavy atom. The minimum absolute atomic E-state index is 0.197. The van der Waals surface area contributed by atoms with E-state index in [9.17, 15) is 9.59 Å². The Kier molecular flexibility index (Phi) is 6.44. The van der Waals surface area contributed by atoms with Gasteiger partial charge in [0.25, 0.3) is 11.1 Å². The number of nitrogens with zero attached hydrogens (tertiary/aromatic N) is 1. The molecule has 4 rings (SSSR count). The van der Waals surface area contributed by atoms with Crippen molar-refractivity contribution in [2.45, 2.75) is 26.5 Å². The van der Waals surface area contributed by atoms with E-state index in [0.717, 1.165) is 28.1 Å². The van der Waals surface area contributed by atoms with Crippen LogP contribution in [0.15, 0.2) is 59.5 Å². The van der Waals surface area contributed by atoms with Gasteiger partial charge in [-0.25, -0.2) is 0 Å². The molecule has 0 unspecified atom stereocenters. The molecule has 0 saturated carbocycles. The number of thioether (sulfide) groups is 1. The Hall–Kier alpha value is -2.96. The van der Waals surface area contributed by atoms with Gasteiger partial charge in [-0.3, -0.25) is 14.5 Å². The number of amides is 2. The summed E-state index contributed by atoms with van der Waals surface area (Å²) in [5.74, 6) is 0.573. The number of hydrogen-bond donors (Lipinski definition) is 0. The van der Waals surface area contributed by atoms with E-state index >= 15 is 0 Å². The summed E-state index contributed by atoms with van der Waals surface area (Å²) in [6.45, 7) is 3.94. The predicted octanol–water partition coefficient (Wildman–Crippen LogP) is 6.53. The molecule has 0 spiro atoms. The van der Waals surface area contributed by atoms with Crippen molar-refractivity contribution in [3.05, 3.63) is 75.7 Å². The van der Waals surface area contributed by atoms with Gasteiger partial charge in [0.1, 0.15) is 6.61 Å². The SMILES string of the molecule is COc1cc(/C=C2/SC(=O)N(C(C)C)C2=O)cc(Cl)c1OCc1ccc2ccccc2c1. The fourth-order valence-electron chi connectivity index (χ4n) is 3.52. The zero-order valence-corrected chi connectivity index (χ0v) is 19.5. The fraction of sp³-hybridized carbons (Fsp3) is 0.200. The highest BCUT2D eigenvalue weighted by molar-refractivity contribution is 8.18. The monoisotopic (exact) mass is 467 g/mol. The minimum Gasteiger partial charge on any atom is -0.493 e. The Morgan fingerprint density at radius 3 is 2.50 bits per heavy atom. The average Bonchev–Trinajstić information content (AvgIpc) is 3.05. The number of carbonyl (C=O) groups excluding carboxylic acids is 2. The van der Waals surface area contributed by atoms with Gasteiger partial charge >= 0.3 is 0 Å². The van der Waals surface area contributed by atoms with Crippen molar-refractivity contribution in [1.82, 2.24) is 4.90 Å². The van der Waals surface area contributed by atoms with E-state index in [1.165, 1.54) is 12.0 Å². The van der Waals surface area contributed by atoms with Gasteiger partial charge in [0.05, 0.1) is 17.0 Å². The molecule has 7 heteroatoms. The van der Waals surface area contributed by atoms with Gasteiger partial charge in [-0.1, -0.05) is 48.0 Å². The zero-order valence-electron chi connectivity index (χ0n) is 17.9. The molecule has 1 aliphatic heterocycles. The summed E-state index contributed by atoms with van der Waals surface area (Å²) < 4.78 is 11.5. The highest BCUT2D eigenvalue weighted by Gasteiger charge is 2.36. The van der Waals surface area contributed by atoms with Gasteiger partial charge in [-0.15, -0.1) is 0 Å². The van der Waals surface area contributed by atoms with Crippen LogP contribution in [0.3, 0.4) is 0 Å². The first-order valence-electron chi connectivity index (χ1n) is 10.1. The second-order valence-corrected chi connectivity index (χ2v) is 9.05. The number of halogens is 1. The van der Waals surface area contributed by atoms with Gasteiger partial charge < -0.3 is 9.47 Å². The average molecular weight is 468 g/mol. The predicted molar refractivity (Wildman–Crippen MR) is 129 cm³/mol. The van der Waals surface area contributed by atoms with Crippen LogP contribution >= 0.6 is 23.4 Å². The molecule has 1 saturated heterocycles.